The summed E-state index contributed by atoms with van der Waals surface area (Å²) in [5.41, 5.74) is 6.16. The zero-order chi connectivity index (χ0) is 15.2. The van der Waals surface area contributed by atoms with Crippen molar-refractivity contribution >= 4 is 5.91 Å². The highest BCUT2D eigenvalue weighted by atomic mass is 16.5. The summed E-state index contributed by atoms with van der Waals surface area (Å²) in [6.45, 7) is 2.54. The molecule has 1 heterocycles. The fourth-order valence-corrected chi connectivity index (χ4v) is 2.84. The van der Waals surface area contributed by atoms with Crippen LogP contribution in [-0.4, -0.2) is 42.7 Å². The van der Waals surface area contributed by atoms with Crippen molar-refractivity contribution in [2.75, 3.05) is 26.7 Å². The lowest BCUT2D eigenvalue weighted by atomic mass is 9.96. The molecular formula is C16H24N2O3. The molecule has 1 amide bonds. The van der Waals surface area contributed by atoms with E-state index in [4.69, 9.17) is 10.5 Å². The van der Waals surface area contributed by atoms with Gasteiger partial charge >= 0.3 is 0 Å². The van der Waals surface area contributed by atoms with E-state index in [1.165, 1.54) is 0 Å². The van der Waals surface area contributed by atoms with Gasteiger partial charge in [-0.2, -0.15) is 0 Å². The Bertz CT molecular complexity index is 470. The maximum atomic E-state index is 11.1. The van der Waals surface area contributed by atoms with Crippen LogP contribution in [0.15, 0.2) is 24.3 Å². The molecule has 1 aromatic rings. The molecule has 1 atom stereocenters. The number of carbonyl (C=O) groups excluding carboxylic acids is 1. The molecule has 1 aromatic carbocycles. The summed E-state index contributed by atoms with van der Waals surface area (Å²) in [5.74, 6) is 0.543. The maximum Gasteiger partial charge on any atom is 0.220 e. The number of nitrogens with zero attached hydrogens (tertiary/aromatic N) is 1. The number of para-hydroxylation sites is 1. The largest absolute Gasteiger partial charge is 0.496 e. The minimum absolute atomic E-state index is 0.0143. The number of rotatable bonds is 6. The minimum atomic E-state index is -0.532. The molecule has 0 aliphatic carbocycles. The van der Waals surface area contributed by atoms with Gasteiger partial charge < -0.3 is 20.5 Å². The van der Waals surface area contributed by atoms with Crippen LogP contribution >= 0.6 is 0 Å². The Morgan fingerprint density at radius 1 is 1.43 bits per heavy atom. The Hall–Kier alpha value is -1.59. The number of hydrogen-bond donors (Lipinski definition) is 2. The number of nitrogens with two attached hydrogens (primary N) is 1. The van der Waals surface area contributed by atoms with Gasteiger partial charge in [0, 0.05) is 18.0 Å². The van der Waals surface area contributed by atoms with Gasteiger partial charge in [-0.15, -0.1) is 0 Å². The molecule has 1 saturated heterocycles. The predicted octanol–water partition coefficient (Wildman–Crippen LogP) is 1.32. The molecule has 1 aliphatic rings. The van der Waals surface area contributed by atoms with E-state index >= 15 is 0 Å². The molecule has 1 aliphatic heterocycles. The van der Waals surface area contributed by atoms with Crippen LogP contribution in [0.25, 0.3) is 0 Å². The first-order valence-electron chi connectivity index (χ1n) is 7.44. The highest BCUT2D eigenvalue weighted by Gasteiger charge is 2.23. The number of primary amides is 1. The number of aliphatic hydroxyl groups excluding tert-OH is 1. The fourth-order valence-electron chi connectivity index (χ4n) is 2.84. The average Bonchev–Trinajstić information content (AvgIpc) is 2.52. The topological polar surface area (TPSA) is 75.8 Å². The van der Waals surface area contributed by atoms with Crippen molar-refractivity contribution in [3.63, 3.8) is 0 Å². The lowest BCUT2D eigenvalue weighted by molar-refractivity contribution is -0.123. The van der Waals surface area contributed by atoms with Gasteiger partial charge in [0.25, 0.3) is 0 Å². The van der Waals surface area contributed by atoms with E-state index in [-0.39, 0.29) is 11.8 Å². The molecule has 0 saturated carbocycles. The zero-order valence-corrected chi connectivity index (χ0v) is 12.5. The van der Waals surface area contributed by atoms with Crippen LogP contribution in [0.2, 0.25) is 0 Å². The third kappa shape index (κ3) is 4.19. The van der Waals surface area contributed by atoms with Gasteiger partial charge in [-0.25, -0.2) is 0 Å². The van der Waals surface area contributed by atoms with Gasteiger partial charge in [0.05, 0.1) is 13.2 Å². The van der Waals surface area contributed by atoms with E-state index in [9.17, 15) is 9.90 Å². The molecule has 1 fully saturated rings. The quantitative estimate of drug-likeness (QED) is 0.829. The summed E-state index contributed by atoms with van der Waals surface area (Å²) in [5, 5.41) is 10.3. The highest BCUT2D eigenvalue weighted by molar-refractivity contribution is 5.76. The average molecular weight is 292 g/mol. The Kier molecular flexibility index (Phi) is 5.59. The van der Waals surface area contributed by atoms with E-state index in [1.54, 1.807) is 7.11 Å². The smallest absolute Gasteiger partial charge is 0.220 e. The number of ether oxygens (including phenoxy) is 1. The fraction of sp³-hybridized carbons (Fsp3) is 0.562. The van der Waals surface area contributed by atoms with Gasteiger partial charge in [0.2, 0.25) is 5.91 Å². The highest BCUT2D eigenvalue weighted by Crippen LogP contribution is 2.27. The summed E-state index contributed by atoms with van der Waals surface area (Å²) >= 11 is 0. The summed E-state index contributed by atoms with van der Waals surface area (Å²) in [6.07, 6.45) is 1.76. The number of hydrogen-bond acceptors (Lipinski definition) is 4. The molecule has 3 N–H and O–H groups in total. The van der Waals surface area contributed by atoms with Crippen LogP contribution in [0.1, 0.15) is 30.9 Å². The van der Waals surface area contributed by atoms with E-state index < -0.39 is 6.10 Å². The van der Waals surface area contributed by atoms with Crippen molar-refractivity contribution in [2.45, 2.75) is 25.4 Å². The van der Waals surface area contributed by atoms with Crippen LogP contribution in [0.4, 0.5) is 0 Å². The number of likely N-dealkylation sites (tertiary alicyclic amines) is 1. The van der Waals surface area contributed by atoms with Crippen molar-refractivity contribution in [3.05, 3.63) is 29.8 Å². The zero-order valence-electron chi connectivity index (χ0n) is 12.5. The van der Waals surface area contributed by atoms with Crippen LogP contribution in [0, 0.1) is 5.92 Å². The minimum Gasteiger partial charge on any atom is -0.496 e. The van der Waals surface area contributed by atoms with E-state index in [0.717, 1.165) is 43.8 Å². The van der Waals surface area contributed by atoms with Crippen LogP contribution in [-0.2, 0) is 4.79 Å². The molecule has 0 bridgehead atoms. The number of benzene rings is 1. The van der Waals surface area contributed by atoms with Crippen molar-refractivity contribution in [2.24, 2.45) is 11.7 Å². The van der Waals surface area contributed by atoms with Crippen LogP contribution < -0.4 is 10.5 Å². The number of methoxy groups -OCH3 is 1. The van der Waals surface area contributed by atoms with Gasteiger partial charge in [0.15, 0.2) is 0 Å². The molecule has 116 valence electrons. The van der Waals surface area contributed by atoms with E-state index in [0.29, 0.717) is 6.42 Å². The van der Waals surface area contributed by atoms with Crippen molar-refractivity contribution in [3.8, 4) is 5.75 Å². The molecular weight excluding hydrogens is 268 g/mol. The molecule has 0 spiro atoms. The second-order valence-electron chi connectivity index (χ2n) is 5.56. The number of carbonyl (C=O) groups is 1. The number of amides is 1. The molecule has 2 rings (SSSR count). The van der Waals surface area contributed by atoms with Gasteiger partial charge in [-0.05, 0) is 38.4 Å². The number of piperidine rings is 1. The second-order valence-corrected chi connectivity index (χ2v) is 5.56. The van der Waals surface area contributed by atoms with Gasteiger partial charge in [-0.3, -0.25) is 4.79 Å². The van der Waals surface area contributed by atoms with Gasteiger partial charge in [0.1, 0.15) is 5.75 Å². The normalized spacial score (nSPS) is 18.4. The lowest BCUT2D eigenvalue weighted by Crippen LogP contribution is -2.39. The van der Waals surface area contributed by atoms with Crippen molar-refractivity contribution in [1.82, 2.24) is 4.90 Å². The van der Waals surface area contributed by atoms with E-state index in [2.05, 4.69) is 4.90 Å². The third-order valence-electron chi connectivity index (χ3n) is 4.21. The molecule has 1 unspecified atom stereocenters. The Morgan fingerprint density at radius 2 is 2.10 bits per heavy atom. The first-order valence-corrected chi connectivity index (χ1v) is 7.44. The molecule has 21 heavy (non-hydrogen) atoms. The number of aliphatic hydroxyl groups is 1. The van der Waals surface area contributed by atoms with Crippen molar-refractivity contribution in [1.29, 1.82) is 0 Å². The molecule has 5 nitrogen and oxygen atoms in total. The Morgan fingerprint density at radius 3 is 2.71 bits per heavy atom. The third-order valence-corrected chi connectivity index (χ3v) is 4.21. The summed E-state index contributed by atoms with van der Waals surface area (Å²) in [4.78, 5) is 13.4. The molecule has 0 aromatic heterocycles. The molecule has 0 radical (unpaired) electrons. The molecule has 5 heteroatoms. The summed E-state index contributed by atoms with van der Waals surface area (Å²) < 4.78 is 5.27. The SMILES string of the molecule is COc1ccccc1C(O)CCN1CCC(C(N)=O)CC1. The van der Waals surface area contributed by atoms with E-state index in [1.807, 2.05) is 24.3 Å². The predicted molar refractivity (Wildman–Crippen MR) is 80.9 cm³/mol. The summed E-state index contributed by atoms with van der Waals surface area (Å²) in [7, 11) is 1.61. The standard InChI is InChI=1S/C16H24N2O3/c1-21-15-5-3-2-4-13(15)14(19)8-11-18-9-6-12(7-10-18)16(17)20/h2-5,12,14,19H,6-11H2,1H3,(H2,17,20). The Labute approximate surface area is 125 Å². The first-order chi connectivity index (χ1) is 10.1. The summed E-state index contributed by atoms with van der Waals surface area (Å²) in [6, 6.07) is 7.54. The lowest BCUT2D eigenvalue weighted by Gasteiger charge is -2.31. The van der Waals surface area contributed by atoms with Crippen LogP contribution in [0.5, 0.6) is 5.75 Å². The van der Waals surface area contributed by atoms with Crippen molar-refractivity contribution < 1.29 is 14.6 Å². The second kappa shape index (κ2) is 7.43. The maximum absolute atomic E-state index is 11.1. The Balaban J connectivity index is 1.82. The first kappa shape index (κ1) is 15.8. The monoisotopic (exact) mass is 292 g/mol. The van der Waals surface area contributed by atoms with Gasteiger partial charge in [-0.1, -0.05) is 18.2 Å². The van der Waals surface area contributed by atoms with Crippen LogP contribution in [0.3, 0.4) is 0 Å².